The molecule has 0 aliphatic carbocycles. The van der Waals surface area contributed by atoms with E-state index in [1.807, 2.05) is 31.2 Å². The Hall–Kier alpha value is -3.14. The molecule has 2 aliphatic rings. The van der Waals surface area contributed by atoms with Crippen LogP contribution in [-0.4, -0.2) is 71.8 Å². The van der Waals surface area contributed by atoms with Crippen LogP contribution in [0.2, 0.25) is 5.02 Å². The van der Waals surface area contributed by atoms with Crippen molar-refractivity contribution in [1.82, 2.24) is 19.9 Å². The van der Waals surface area contributed by atoms with Crippen molar-refractivity contribution in [3.8, 4) is 22.9 Å². The molecular formula is C25H28ClN5O4. The zero-order valence-electron chi connectivity index (χ0n) is 19.6. The number of aryl methyl sites for hydroxylation is 1. The highest BCUT2D eigenvalue weighted by Crippen LogP contribution is 2.37. The third-order valence-corrected chi connectivity index (χ3v) is 6.47. The van der Waals surface area contributed by atoms with E-state index in [9.17, 15) is 4.79 Å². The lowest BCUT2D eigenvalue weighted by Crippen LogP contribution is -2.48. The SMILES string of the molecule is Cc1ccccc1-c1noc(CN2CCN(CC(=O)Nc3cc4c(cc3Cl)OCCCO4)CC2)n1. The van der Waals surface area contributed by atoms with Crippen LogP contribution in [0.4, 0.5) is 5.69 Å². The van der Waals surface area contributed by atoms with E-state index >= 15 is 0 Å². The molecular weight excluding hydrogens is 470 g/mol. The molecule has 10 heteroatoms. The van der Waals surface area contributed by atoms with Gasteiger partial charge in [0.2, 0.25) is 17.6 Å². The molecule has 0 radical (unpaired) electrons. The van der Waals surface area contributed by atoms with E-state index in [1.165, 1.54) is 0 Å². The largest absolute Gasteiger partial charge is 0.490 e. The molecule has 5 rings (SSSR count). The summed E-state index contributed by atoms with van der Waals surface area (Å²) in [4.78, 5) is 21.6. The topological polar surface area (TPSA) is 93.0 Å². The van der Waals surface area contributed by atoms with Gasteiger partial charge in [-0.1, -0.05) is 41.0 Å². The van der Waals surface area contributed by atoms with Crippen molar-refractivity contribution in [3.63, 3.8) is 0 Å². The summed E-state index contributed by atoms with van der Waals surface area (Å²) in [5, 5.41) is 7.48. The number of rotatable bonds is 6. The molecule has 1 fully saturated rings. The number of anilines is 1. The number of nitrogens with one attached hydrogen (secondary N) is 1. The summed E-state index contributed by atoms with van der Waals surface area (Å²) < 4.78 is 16.8. The first kappa shape index (κ1) is 23.6. The molecule has 0 saturated carbocycles. The number of nitrogens with zero attached hydrogens (tertiary/aromatic N) is 4. The zero-order chi connectivity index (χ0) is 24.2. The standard InChI is InChI=1S/C25H28ClN5O4/c1-17-5-2-3-6-18(17)25-28-24(35-29-25)16-31-9-7-30(8-10-31)15-23(32)27-20-14-22-21(13-19(20)26)33-11-4-12-34-22/h2-3,5-6,13-14H,4,7-12,15-16H2,1H3,(H,27,32). The van der Waals surface area contributed by atoms with Crippen LogP contribution < -0.4 is 14.8 Å². The Bertz CT molecular complexity index is 1190. The maximum absolute atomic E-state index is 12.7. The number of halogens is 1. The van der Waals surface area contributed by atoms with Gasteiger partial charge in [0.15, 0.2) is 11.5 Å². The normalized spacial score (nSPS) is 16.6. The first-order chi connectivity index (χ1) is 17.0. The smallest absolute Gasteiger partial charge is 0.241 e. The number of hydrogen-bond donors (Lipinski definition) is 1. The summed E-state index contributed by atoms with van der Waals surface area (Å²) in [5.74, 6) is 2.30. The molecule has 9 nitrogen and oxygen atoms in total. The molecule has 0 unspecified atom stereocenters. The molecule has 35 heavy (non-hydrogen) atoms. The van der Waals surface area contributed by atoms with Crippen LogP contribution in [0.5, 0.6) is 11.5 Å². The van der Waals surface area contributed by atoms with Crippen molar-refractivity contribution in [2.75, 3.05) is 51.3 Å². The van der Waals surface area contributed by atoms with Crippen LogP contribution in [0.15, 0.2) is 40.9 Å². The van der Waals surface area contributed by atoms with Crippen molar-refractivity contribution in [2.45, 2.75) is 19.9 Å². The number of ether oxygens (including phenoxy) is 2. The van der Waals surface area contributed by atoms with Crippen molar-refractivity contribution in [2.24, 2.45) is 0 Å². The van der Waals surface area contributed by atoms with E-state index in [-0.39, 0.29) is 12.5 Å². The number of hydrogen-bond acceptors (Lipinski definition) is 8. The molecule has 0 bridgehead atoms. The average molecular weight is 498 g/mol. The van der Waals surface area contributed by atoms with E-state index < -0.39 is 0 Å². The highest BCUT2D eigenvalue weighted by molar-refractivity contribution is 6.34. The van der Waals surface area contributed by atoms with Crippen LogP contribution in [0.25, 0.3) is 11.4 Å². The lowest BCUT2D eigenvalue weighted by molar-refractivity contribution is -0.117. The molecule has 0 spiro atoms. The maximum atomic E-state index is 12.7. The average Bonchev–Trinajstić information content (AvgIpc) is 3.19. The van der Waals surface area contributed by atoms with Gasteiger partial charge in [-0.25, -0.2) is 0 Å². The van der Waals surface area contributed by atoms with Gasteiger partial charge in [-0.3, -0.25) is 14.6 Å². The Kier molecular flexibility index (Phi) is 7.17. The van der Waals surface area contributed by atoms with Gasteiger partial charge in [-0.2, -0.15) is 4.98 Å². The van der Waals surface area contributed by atoms with Crippen LogP contribution >= 0.6 is 11.6 Å². The van der Waals surface area contributed by atoms with Gasteiger partial charge < -0.3 is 19.3 Å². The van der Waals surface area contributed by atoms with Crippen LogP contribution in [-0.2, 0) is 11.3 Å². The number of benzene rings is 2. The number of amides is 1. The zero-order valence-corrected chi connectivity index (χ0v) is 20.4. The number of carbonyl (C=O) groups excluding carboxylic acids is 1. The number of carbonyl (C=O) groups is 1. The van der Waals surface area contributed by atoms with Gasteiger partial charge >= 0.3 is 0 Å². The fourth-order valence-electron chi connectivity index (χ4n) is 4.22. The first-order valence-corrected chi connectivity index (χ1v) is 12.2. The lowest BCUT2D eigenvalue weighted by Gasteiger charge is -2.33. The molecule has 3 aromatic rings. The fraction of sp³-hybridized carbons (Fsp3) is 0.400. The minimum absolute atomic E-state index is 0.116. The monoisotopic (exact) mass is 497 g/mol. The number of aromatic nitrogens is 2. The molecule has 2 aromatic carbocycles. The summed E-state index contributed by atoms with van der Waals surface area (Å²) in [6, 6.07) is 11.4. The Morgan fingerprint density at radius 3 is 2.54 bits per heavy atom. The van der Waals surface area contributed by atoms with E-state index in [2.05, 4.69) is 25.3 Å². The second kappa shape index (κ2) is 10.6. The molecule has 1 amide bonds. The molecule has 1 aromatic heterocycles. The molecule has 1 N–H and O–H groups in total. The summed E-state index contributed by atoms with van der Waals surface area (Å²) in [7, 11) is 0. The maximum Gasteiger partial charge on any atom is 0.241 e. The molecule has 2 aliphatic heterocycles. The van der Waals surface area contributed by atoms with E-state index in [0.29, 0.717) is 53.7 Å². The third kappa shape index (κ3) is 5.75. The Balaban J connectivity index is 1.11. The van der Waals surface area contributed by atoms with Gasteiger partial charge in [-0.05, 0) is 12.5 Å². The highest BCUT2D eigenvalue weighted by atomic mass is 35.5. The minimum atomic E-state index is -0.116. The van der Waals surface area contributed by atoms with Gasteiger partial charge in [0, 0.05) is 50.3 Å². The Morgan fingerprint density at radius 2 is 1.77 bits per heavy atom. The van der Waals surface area contributed by atoms with Crippen molar-refractivity contribution >= 4 is 23.2 Å². The van der Waals surface area contributed by atoms with Crippen molar-refractivity contribution in [3.05, 3.63) is 52.9 Å². The van der Waals surface area contributed by atoms with Crippen molar-refractivity contribution in [1.29, 1.82) is 0 Å². The Morgan fingerprint density at radius 1 is 1.06 bits per heavy atom. The van der Waals surface area contributed by atoms with Gasteiger partial charge in [-0.15, -0.1) is 0 Å². The van der Waals surface area contributed by atoms with E-state index in [4.69, 9.17) is 25.6 Å². The van der Waals surface area contributed by atoms with Crippen LogP contribution in [0.1, 0.15) is 17.9 Å². The molecule has 0 atom stereocenters. The molecule has 184 valence electrons. The summed E-state index contributed by atoms with van der Waals surface area (Å²) in [6.07, 6.45) is 0.806. The summed E-state index contributed by atoms with van der Waals surface area (Å²) >= 11 is 6.36. The number of fused-ring (bicyclic) bond motifs is 1. The van der Waals surface area contributed by atoms with E-state index in [1.54, 1.807) is 12.1 Å². The van der Waals surface area contributed by atoms with Crippen molar-refractivity contribution < 1.29 is 18.8 Å². The lowest BCUT2D eigenvalue weighted by atomic mass is 10.1. The molecule has 1 saturated heterocycles. The Labute approximate surface area is 208 Å². The second-order valence-corrected chi connectivity index (χ2v) is 9.16. The second-order valence-electron chi connectivity index (χ2n) is 8.76. The molecule has 3 heterocycles. The van der Waals surface area contributed by atoms with Gasteiger partial charge in [0.25, 0.3) is 0 Å². The van der Waals surface area contributed by atoms with Gasteiger partial charge in [0.05, 0.1) is 37.0 Å². The van der Waals surface area contributed by atoms with Gasteiger partial charge in [0.1, 0.15) is 0 Å². The van der Waals surface area contributed by atoms with E-state index in [0.717, 1.165) is 43.7 Å². The predicted molar refractivity (Wildman–Crippen MR) is 132 cm³/mol. The van der Waals surface area contributed by atoms with Crippen LogP contribution in [0, 0.1) is 6.92 Å². The van der Waals surface area contributed by atoms with Crippen LogP contribution in [0.3, 0.4) is 0 Å². The highest BCUT2D eigenvalue weighted by Gasteiger charge is 2.22. The summed E-state index contributed by atoms with van der Waals surface area (Å²) in [6.45, 7) is 7.21. The quantitative estimate of drug-likeness (QED) is 0.552. The predicted octanol–water partition coefficient (Wildman–Crippen LogP) is 3.62. The minimum Gasteiger partial charge on any atom is -0.490 e. The number of piperazine rings is 1. The fourth-order valence-corrected chi connectivity index (χ4v) is 4.42. The third-order valence-electron chi connectivity index (χ3n) is 6.16. The summed E-state index contributed by atoms with van der Waals surface area (Å²) in [5.41, 5.74) is 2.62. The first-order valence-electron chi connectivity index (χ1n) is 11.8.